The van der Waals surface area contributed by atoms with Crippen LogP contribution >= 0.6 is 0 Å². The molecule has 0 atom stereocenters. The van der Waals surface area contributed by atoms with Gasteiger partial charge in [-0.25, -0.2) is 10.6 Å². The molecule has 0 unspecified atom stereocenters. The van der Waals surface area contributed by atoms with Crippen LogP contribution in [0.25, 0.3) is 0 Å². The van der Waals surface area contributed by atoms with Crippen molar-refractivity contribution in [2.24, 2.45) is 11.6 Å². The van der Waals surface area contributed by atoms with Crippen LogP contribution in [-0.2, 0) is 0 Å². The monoisotopic (exact) mass is 327 g/mol. The number of nitrogens with zero attached hydrogens (tertiary/aromatic N) is 1. The molecule has 2 aromatic carbocycles. The Kier molecular flexibility index (Phi) is 5.78. The lowest BCUT2D eigenvalue weighted by atomic mass is 10.2. The number of carbonyl (C=O) groups is 1. The van der Waals surface area contributed by atoms with Crippen LogP contribution in [-0.4, -0.2) is 17.7 Å². The van der Waals surface area contributed by atoms with Crippen LogP contribution in [0.15, 0.2) is 60.4 Å². The van der Waals surface area contributed by atoms with Crippen molar-refractivity contribution in [3.8, 4) is 0 Å². The van der Waals surface area contributed by atoms with E-state index >= 15 is 0 Å². The van der Waals surface area contributed by atoms with Crippen molar-refractivity contribution in [2.45, 2.75) is 6.92 Å². The van der Waals surface area contributed by atoms with Gasteiger partial charge < -0.3 is 21.5 Å². The van der Waals surface area contributed by atoms with E-state index < -0.39 is 0 Å². The number of aryl methyl sites for hydroxylation is 1. The number of aliphatic hydroxyl groups excluding tert-OH is 1. The molecule has 0 bridgehead atoms. The van der Waals surface area contributed by atoms with Crippen molar-refractivity contribution < 1.29 is 9.90 Å². The topological polar surface area (TPSA) is 117 Å². The van der Waals surface area contributed by atoms with Crippen LogP contribution in [0.3, 0.4) is 0 Å². The molecule has 2 aromatic rings. The Hall–Kier alpha value is -3.03. The van der Waals surface area contributed by atoms with E-state index in [-0.39, 0.29) is 18.3 Å². The number of nitrogens with one attached hydrogen (secondary N) is 2. The normalized spacial score (nSPS) is 11.0. The maximum atomic E-state index is 12.0. The molecule has 2 rings (SSSR count). The van der Waals surface area contributed by atoms with Gasteiger partial charge >= 0.3 is 6.03 Å². The van der Waals surface area contributed by atoms with Crippen molar-refractivity contribution in [1.29, 1.82) is 0 Å². The minimum absolute atomic E-state index is 0.248. The molecule has 0 saturated heterocycles. The number of urea groups is 1. The van der Waals surface area contributed by atoms with Gasteiger partial charge in [0, 0.05) is 17.6 Å². The molecule has 0 radical (unpaired) electrons. The predicted octanol–water partition coefficient (Wildman–Crippen LogP) is 2.11. The van der Waals surface area contributed by atoms with Crippen molar-refractivity contribution in [1.82, 2.24) is 0 Å². The zero-order valence-corrected chi connectivity index (χ0v) is 13.4. The molecule has 7 N–H and O–H groups in total. The van der Waals surface area contributed by atoms with Crippen molar-refractivity contribution in [3.63, 3.8) is 0 Å². The number of hydrazine groups is 1. The molecule has 7 heteroatoms. The molecular formula is C17H21N5O2. The van der Waals surface area contributed by atoms with Gasteiger partial charge in [0.1, 0.15) is 0 Å². The van der Waals surface area contributed by atoms with Crippen LogP contribution < -0.4 is 27.2 Å². The van der Waals surface area contributed by atoms with Gasteiger partial charge in [-0.1, -0.05) is 18.2 Å². The highest BCUT2D eigenvalue weighted by Gasteiger charge is 2.05. The molecule has 2 amide bonds. The van der Waals surface area contributed by atoms with Crippen LogP contribution in [0.4, 0.5) is 21.9 Å². The van der Waals surface area contributed by atoms with Gasteiger partial charge in [0.25, 0.3) is 0 Å². The number of carbonyl (C=O) groups excluding carboxylic acids is 1. The Morgan fingerprint density at radius 1 is 1.17 bits per heavy atom. The lowest BCUT2D eigenvalue weighted by Gasteiger charge is -2.15. The summed E-state index contributed by atoms with van der Waals surface area (Å²) in [7, 11) is 0. The molecule has 0 aliphatic carbocycles. The van der Waals surface area contributed by atoms with E-state index in [1.165, 1.54) is 11.2 Å². The summed E-state index contributed by atoms with van der Waals surface area (Å²) in [6.07, 6.45) is 1.42. The van der Waals surface area contributed by atoms with Crippen LogP contribution in [0.5, 0.6) is 0 Å². The lowest BCUT2D eigenvalue weighted by Crippen LogP contribution is -2.26. The van der Waals surface area contributed by atoms with Gasteiger partial charge in [0.05, 0.1) is 18.0 Å². The smallest absolute Gasteiger partial charge is 0.323 e. The number of para-hydroxylation sites is 1. The first kappa shape index (κ1) is 17.3. The number of rotatable bonds is 5. The summed E-state index contributed by atoms with van der Waals surface area (Å²) in [6.45, 7) is 1.65. The van der Waals surface area contributed by atoms with Crippen LogP contribution in [0, 0.1) is 6.92 Å². The molecule has 0 aromatic heterocycles. The summed E-state index contributed by atoms with van der Waals surface area (Å²) in [6, 6.07) is 14.1. The second-order valence-corrected chi connectivity index (χ2v) is 5.21. The minimum atomic E-state index is -0.328. The Morgan fingerprint density at radius 3 is 2.46 bits per heavy atom. The molecular weight excluding hydrogens is 306 g/mol. The molecule has 0 saturated carbocycles. The molecule has 0 heterocycles. The second kappa shape index (κ2) is 8.00. The van der Waals surface area contributed by atoms with E-state index in [4.69, 9.17) is 16.7 Å². The van der Waals surface area contributed by atoms with Gasteiger partial charge in [0.15, 0.2) is 0 Å². The first-order valence-electron chi connectivity index (χ1n) is 7.34. The first-order valence-corrected chi connectivity index (χ1v) is 7.34. The summed E-state index contributed by atoms with van der Waals surface area (Å²) in [4.78, 5) is 12.0. The summed E-state index contributed by atoms with van der Waals surface area (Å²) in [5.41, 5.74) is 8.79. The fraction of sp³-hybridized carbons (Fsp3) is 0.118. The third kappa shape index (κ3) is 4.73. The van der Waals surface area contributed by atoms with E-state index in [1.807, 2.05) is 31.2 Å². The summed E-state index contributed by atoms with van der Waals surface area (Å²) in [5, 5.41) is 15.7. The summed E-state index contributed by atoms with van der Waals surface area (Å²) < 4.78 is 0. The second-order valence-electron chi connectivity index (χ2n) is 5.21. The quantitative estimate of drug-likeness (QED) is 0.426. The fourth-order valence-corrected chi connectivity index (χ4v) is 2.01. The largest absolute Gasteiger partial charge is 0.399 e. The highest BCUT2D eigenvalue weighted by Crippen LogP contribution is 2.17. The Bertz CT molecular complexity index is 728. The molecule has 7 nitrogen and oxygen atoms in total. The van der Waals surface area contributed by atoms with Crippen LogP contribution in [0.1, 0.15) is 5.56 Å². The first-order chi connectivity index (χ1) is 11.5. The van der Waals surface area contributed by atoms with Crippen molar-refractivity contribution in [2.75, 3.05) is 22.2 Å². The average molecular weight is 327 g/mol. The van der Waals surface area contributed by atoms with E-state index in [0.717, 1.165) is 11.3 Å². The van der Waals surface area contributed by atoms with E-state index in [0.29, 0.717) is 11.4 Å². The Morgan fingerprint density at radius 2 is 1.83 bits per heavy atom. The number of hydrogen-bond acceptors (Lipinski definition) is 5. The molecule has 0 aliphatic heterocycles. The van der Waals surface area contributed by atoms with Gasteiger partial charge in [-0.05, 0) is 42.8 Å². The Labute approximate surface area is 140 Å². The highest BCUT2D eigenvalue weighted by molar-refractivity contribution is 6.00. The molecule has 0 aliphatic rings. The van der Waals surface area contributed by atoms with E-state index in [9.17, 15) is 4.79 Å². The SMILES string of the molecule is Cc1ccccc1NC(=O)Nc1ccc(N(N)/C=C(\N)CO)cc1. The van der Waals surface area contributed by atoms with Crippen molar-refractivity contribution >= 4 is 23.1 Å². The lowest BCUT2D eigenvalue weighted by molar-refractivity contribution is 0.262. The van der Waals surface area contributed by atoms with Gasteiger partial charge in [-0.15, -0.1) is 0 Å². The standard InChI is InChI=1S/C17H21N5O2/c1-12-4-2-3-5-16(12)21-17(24)20-14-6-8-15(9-7-14)22(19)10-13(18)11-23/h2-10,23H,11,18-19H2,1H3,(H2,20,21,24)/b13-10-. The Balaban J connectivity index is 1.99. The summed E-state index contributed by atoms with van der Waals surface area (Å²) in [5.74, 6) is 5.81. The number of benzene rings is 2. The predicted molar refractivity (Wildman–Crippen MR) is 96.3 cm³/mol. The van der Waals surface area contributed by atoms with Gasteiger partial charge in [-0.3, -0.25) is 5.01 Å². The zero-order chi connectivity index (χ0) is 17.5. The van der Waals surface area contributed by atoms with Gasteiger partial charge in [0.2, 0.25) is 0 Å². The molecule has 0 fully saturated rings. The van der Waals surface area contributed by atoms with Crippen LogP contribution in [0.2, 0.25) is 0 Å². The number of amides is 2. The zero-order valence-electron chi connectivity index (χ0n) is 13.4. The maximum absolute atomic E-state index is 12.0. The average Bonchev–Trinajstić information content (AvgIpc) is 2.57. The third-order valence-corrected chi connectivity index (χ3v) is 3.30. The summed E-state index contributed by atoms with van der Waals surface area (Å²) >= 11 is 0. The van der Waals surface area contributed by atoms with E-state index in [1.54, 1.807) is 24.3 Å². The number of nitrogens with two attached hydrogens (primary N) is 2. The molecule has 0 spiro atoms. The number of anilines is 3. The van der Waals surface area contributed by atoms with Gasteiger partial charge in [-0.2, -0.15) is 0 Å². The third-order valence-electron chi connectivity index (χ3n) is 3.30. The highest BCUT2D eigenvalue weighted by atomic mass is 16.3. The molecule has 126 valence electrons. The van der Waals surface area contributed by atoms with E-state index in [2.05, 4.69) is 10.6 Å². The number of hydrogen-bond donors (Lipinski definition) is 5. The maximum Gasteiger partial charge on any atom is 0.323 e. The van der Waals surface area contributed by atoms with Crippen molar-refractivity contribution in [3.05, 3.63) is 66.0 Å². The molecule has 24 heavy (non-hydrogen) atoms. The minimum Gasteiger partial charge on any atom is -0.399 e. The fourth-order valence-electron chi connectivity index (χ4n) is 2.01. The number of aliphatic hydroxyl groups is 1.